The minimum Gasteiger partial charge on any atom is -0.496 e. The SMILES string of the molecule is CCOc1ccc(NC(=O)CC2S/C(=N/N=C\c3ccccc3OC)NC2=O)cc1. The number of carbonyl (C=O) groups excluding carboxylic acids is 2. The van der Waals surface area contributed by atoms with Gasteiger partial charge in [-0.05, 0) is 43.3 Å². The number of rotatable bonds is 8. The zero-order chi connectivity index (χ0) is 21.3. The molecule has 2 amide bonds. The van der Waals surface area contributed by atoms with Crippen LogP contribution in [0.2, 0.25) is 0 Å². The number of hydrogen-bond donors (Lipinski definition) is 2. The fraction of sp³-hybridized carbons (Fsp3) is 0.238. The molecule has 30 heavy (non-hydrogen) atoms. The van der Waals surface area contributed by atoms with Gasteiger partial charge in [-0.15, -0.1) is 5.10 Å². The van der Waals surface area contributed by atoms with E-state index < -0.39 is 5.25 Å². The quantitative estimate of drug-likeness (QED) is 0.499. The molecular formula is C21H22N4O4S. The Hall–Kier alpha value is -3.33. The summed E-state index contributed by atoms with van der Waals surface area (Å²) < 4.78 is 10.6. The topological polar surface area (TPSA) is 101 Å². The van der Waals surface area contributed by atoms with Gasteiger partial charge in [0.1, 0.15) is 16.7 Å². The highest BCUT2D eigenvalue weighted by Crippen LogP contribution is 2.24. The van der Waals surface area contributed by atoms with Crippen LogP contribution in [0.4, 0.5) is 5.69 Å². The minimum absolute atomic E-state index is 0.0267. The van der Waals surface area contributed by atoms with Crippen LogP contribution < -0.4 is 20.1 Å². The van der Waals surface area contributed by atoms with E-state index in [0.717, 1.165) is 11.3 Å². The van der Waals surface area contributed by atoms with Gasteiger partial charge in [0.15, 0.2) is 5.17 Å². The summed E-state index contributed by atoms with van der Waals surface area (Å²) in [6.45, 7) is 2.48. The maximum absolute atomic E-state index is 12.3. The highest BCUT2D eigenvalue weighted by atomic mass is 32.2. The minimum atomic E-state index is -0.562. The third-order valence-corrected chi connectivity index (χ3v) is 5.15. The lowest BCUT2D eigenvalue weighted by molar-refractivity contribution is -0.122. The Morgan fingerprint density at radius 3 is 2.73 bits per heavy atom. The maximum Gasteiger partial charge on any atom is 0.240 e. The van der Waals surface area contributed by atoms with Crippen molar-refractivity contribution in [3.05, 3.63) is 54.1 Å². The molecule has 1 fully saturated rings. The number of ether oxygens (including phenoxy) is 2. The molecule has 2 aromatic carbocycles. The van der Waals surface area contributed by atoms with Gasteiger partial charge in [-0.25, -0.2) is 0 Å². The number of amides is 2. The number of hydrogen-bond acceptors (Lipinski definition) is 7. The molecule has 2 aromatic rings. The molecule has 2 N–H and O–H groups in total. The molecule has 1 aliphatic rings. The summed E-state index contributed by atoms with van der Waals surface area (Å²) in [5, 5.41) is 13.2. The molecule has 0 spiro atoms. The molecule has 3 rings (SSSR count). The lowest BCUT2D eigenvalue weighted by atomic mass is 10.2. The summed E-state index contributed by atoms with van der Waals surface area (Å²) in [7, 11) is 1.58. The predicted octanol–water partition coefficient (Wildman–Crippen LogP) is 3.04. The van der Waals surface area contributed by atoms with Crippen LogP contribution in [0.5, 0.6) is 11.5 Å². The van der Waals surface area contributed by atoms with Gasteiger partial charge in [0, 0.05) is 17.7 Å². The van der Waals surface area contributed by atoms with Gasteiger partial charge in [0.05, 0.1) is 19.9 Å². The first-order valence-corrected chi connectivity index (χ1v) is 10.2. The molecule has 0 aromatic heterocycles. The molecule has 1 aliphatic heterocycles. The highest BCUT2D eigenvalue weighted by Gasteiger charge is 2.32. The van der Waals surface area contributed by atoms with Crippen LogP contribution in [0.25, 0.3) is 0 Å². The van der Waals surface area contributed by atoms with Crippen LogP contribution in [-0.2, 0) is 9.59 Å². The number of nitrogens with one attached hydrogen (secondary N) is 2. The largest absolute Gasteiger partial charge is 0.496 e. The van der Waals surface area contributed by atoms with Crippen molar-refractivity contribution in [2.24, 2.45) is 10.2 Å². The fourth-order valence-electron chi connectivity index (χ4n) is 2.68. The van der Waals surface area contributed by atoms with Crippen LogP contribution >= 0.6 is 11.8 Å². The van der Waals surface area contributed by atoms with E-state index in [1.807, 2.05) is 31.2 Å². The van der Waals surface area contributed by atoms with Crippen molar-refractivity contribution in [2.75, 3.05) is 19.0 Å². The van der Waals surface area contributed by atoms with Crippen LogP contribution in [0.1, 0.15) is 18.9 Å². The number of nitrogens with zero attached hydrogens (tertiary/aromatic N) is 2. The summed E-state index contributed by atoms with van der Waals surface area (Å²) in [4.78, 5) is 24.4. The second-order valence-corrected chi connectivity index (χ2v) is 7.39. The van der Waals surface area contributed by atoms with Crippen molar-refractivity contribution in [3.8, 4) is 11.5 Å². The molecule has 9 heteroatoms. The fourth-order valence-corrected chi connectivity index (χ4v) is 3.61. The van der Waals surface area contributed by atoms with Gasteiger partial charge in [0.25, 0.3) is 0 Å². The van der Waals surface area contributed by atoms with Crippen LogP contribution in [-0.4, -0.2) is 42.2 Å². The number of amidine groups is 1. The molecule has 8 nitrogen and oxygen atoms in total. The molecule has 0 bridgehead atoms. The van der Waals surface area contributed by atoms with E-state index in [1.54, 1.807) is 37.6 Å². The van der Waals surface area contributed by atoms with Gasteiger partial charge in [-0.1, -0.05) is 23.9 Å². The molecular weight excluding hydrogens is 404 g/mol. The van der Waals surface area contributed by atoms with E-state index in [1.165, 1.54) is 11.8 Å². The van der Waals surface area contributed by atoms with Gasteiger partial charge in [-0.2, -0.15) is 5.10 Å². The molecule has 0 radical (unpaired) electrons. The molecule has 1 heterocycles. The Bertz CT molecular complexity index is 960. The number of anilines is 1. The monoisotopic (exact) mass is 426 g/mol. The van der Waals surface area contributed by atoms with Crippen molar-refractivity contribution in [1.29, 1.82) is 0 Å². The third-order valence-electron chi connectivity index (χ3n) is 4.08. The molecule has 1 saturated heterocycles. The summed E-state index contributed by atoms with van der Waals surface area (Å²) in [5.74, 6) is 0.878. The number of carbonyl (C=O) groups is 2. The number of benzene rings is 2. The number of para-hydroxylation sites is 1. The maximum atomic E-state index is 12.3. The molecule has 0 aliphatic carbocycles. The van der Waals surface area contributed by atoms with Crippen molar-refractivity contribution < 1.29 is 19.1 Å². The van der Waals surface area contributed by atoms with Crippen molar-refractivity contribution >= 4 is 40.6 Å². The van der Waals surface area contributed by atoms with Crippen molar-refractivity contribution in [3.63, 3.8) is 0 Å². The standard InChI is InChI=1S/C21H22N4O4S/c1-3-29-16-10-8-15(9-11-16)23-19(26)12-18-20(27)24-21(30-18)25-22-13-14-6-4-5-7-17(14)28-2/h4-11,13,18H,3,12H2,1-2H3,(H,23,26)(H,24,25,27)/b22-13-. The molecule has 1 atom stereocenters. The van der Waals surface area contributed by atoms with E-state index in [2.05, 4.69) is 20.8 Å². The average molecular weight is 426 g/mol. The zero-order valence-electron chi connectivity index (χ0n) is 16.6. The van der Waals surface area contributed by atoms with E-state index >= 15 is 0 Å². The summed E-state index contributed by atoms with van der Waals surface area (Å²) in [5.41, 5.74) is 1.41. The Morgan fingerprint density at radius 1 is 1.23 bits per heavy atom. The normalized spacial score (nSPS) is 17.2. The molecule has 1 unspecified atom stereocenters. The van der Waals surface area contributed by atoms with Crippen LogP contribution in [0, 0.1) is 0 Å². The van der Waals surface area contributed by atoms with Gasteiger partial charge >= 0.3 is 0 Å². The predicted molar refractivity (Wildman–Crippen MR) is 118 cm³/mol. The van der Waals surface area contributed by atoms with E-state index in [-0.39, 0.29) is 18.2 Å². The molecule has 156 valence electrons. The lowest BCUT2D eigenvalue weighted by Gasteiger charge is -2.08. The average Bonchev–Trinajstić information content (AvgIpc) is 3.09. The number of methoxy groups -OCH3 is 1. The first-order chi connectivity index (χ1) is 14.6. The van der Waals surface area contributed by atoms with Crippen molar-refractivity contribution in [1.82, 2.24) is 5.32 Å². The summed E-state index contributed by atoms with van der Waals surface area (Å²) in [6, 6.07) is 14.5. The Labute approximate surface area is 178 Å². The first kappa shape index (κ1) is 21.4. The Kier molecular flexibility index (Phi) is 7.45. The summed E-state index contributed by atoms with van der Waals surface area (Å²) >= 11 is 1.18. The van der Waals surface area contributed by atoms with Crippen LogP contribution in [0.3, 0.4) is 0 Å². The zero-order valence-corrected chi connectivity index (χ0v) is 17.4. The Balaban J connectivity index is 1.54. The van der Waals surface area contributed by atoms with E-state index in [4.69, 9.17) is 9.47 Å². The van der Waals surface area contributed by atoms with Gasteiger partial charge in [-0.3, -0.25) is 9.59 Å². The lowest BCUT2D eigenvalue weighted by Crippen LogP contribution is -2.28. The van der Waals surface area contributed by atoms with Crippen molar-refractivity contribution in [2.45, 2.75) is 18.6 Å². The second-order valence-electron chi connectivity index (χ2n) is 6.20. The Morgan fingerprint density at radius 2 is 2.00 bits per heavy atom. The third kappa shape index (κ3) is 5.84. The molecule has 0 saturated carbocycles. The van der Waals surface area contributed by atoms with Gasteiger partial charge < -0.3 is 20.1 Å². The number of thioether (sulfide) groups is 1. The first-order valence-electron chi connectivity index (χ1n) is 9.33. The smallest absolute Gasteiger partial charge is 0.240 e. The van der Waals surface area contributed by atoms with Crippen LogP contribution in [0.15, 0.2) is 58.7 Å². The van der Waals surface area contributed by atoms with Gasteiger partial charge in [0.2, 0.25) is 11.8 Å². The summed E-state index contributed by atoms with van der Waals surface area (Å²) in [6.07, 6.45) is 1.57. The highest BCUT2D eigenvalue weighted by molar-refractivity contribution is 8.15. The van der Waals surface area contributed by atoms with E-state index in [0.29, 0.717) is 23.2 Å². The van der Waals surface area contributed by atoms with E-state index in [9.17, 15) is 9.59 Å². The second kappa shape index (κ2) is 10.4.